The van der Waals surface area contributed by atoms with Crippen LogP contribution in [0.2, 0.25) is 0 Å². The van der Waals surface area contributed by atoms with Crippen molar-refractivity contribution in [3.05, 3.63) is 114 Å². The fraction of sp³-hybridized carbons (Fsp3) is 0.0417. The zero-order chi connectivity index (χ0) is 18.2. The van der Waals surface area contributed by atoms with E-state index in [1.165, 1.54) is 0 Å². The van der Waals surface area contributed by atoms with Crippen molar-refractivity contribution in [2.24, 2.45) is 0 Å². The first-order valence-corrected chi connectivity index (χ1v) is 8.32. The number of rotatable bonds is 4. The maximum absolute atomic E-state index is 12.2. The second-order valence-corrected chi connectivity index (χ2v) is 5.76. The van der Waals surface area contributed by atoms with Crippen molar-refractivity contribution < 1.29 is 9.53 Å². The number of hydrogen-bond donors (Lipinski definition) is 0. The lowest BCUT2D eigenvalue weighted by Gasteiger charge is -2.08. The van der Waals surface area contributed by atoms with Crippen LogP contribution < -0.4 is 4.74 Å². The van der Waals surface area contributed by atoms with Crippen molar-refractivity contribution in [2.75, 3.05) is 0 Å². The second-order valence-electron chi connectivity index (χ2n) is 5.76. The largest absolute Gasteiger partial charge is 0.423 e. The molecule has 0 atom stereocenters. The minimum Gasteiger partial charge on any atom is -0.423 e. The Morgan fingerprint density at radius 1 is 0.808 bits per heavy atom. The van der Waals surface area contributed by atoms with Gasteiger partial charge in [0.25, 0.3) is 0 Å². The summed E-state index contributed by atoms with van der Waals surface area (Å²) in [6.07, 6.45) is 0.394. The van der Waals surface area contributed by atoms with Crippen molar-refractivity contribution in [1.82, 2.24) is 0 Å². The fourth-order valence-corrected chi connectivity index (χ4v) is 2.43. The molecule has 0 spiro atoms. The van der Waals surface area contributed by atoms with E-state index in [9.17, 15) is 4.79 Å². The molecular weight excluding hydrogens is 320 g/mol. The summed E-state index contributed by atoms with van der Waals surface area (Å²) in [6, 6.07) is 26.6. The summed E-state index contributed by atoms with van der Waals surface area (Å²) in [6.45, 7) is 3.88. The number of hydrogen-bond acceptors (Lipinski definition) is 2. The van der Waals surface area contributed by atoms with E-state index >= 15 is 0 Å². The van der Waals surface area contributed by atoms with Gasteiger partial charge in [-0.25, -0.2) is 4.79 Å². The molecule has 0 unspecified atom stereocenters. The first-order chi connectivity index (χ1) is 12.7. The van der Waals surface area contributed by atoms with Gasteiger partial charge in [-0.15, -0.1) is 0 Å². The average molecular weight is 338 g/mol. The standard InChI is InChI=1S/C24H18O2/c1-19(24(25)26-23-14-6-3-7-15-23)18-22-13-9-8-12-21(22)17-16-20-10-4-2-5-11-20/h2-15H,1,18H2. The highest BCUT2D eigenvalue weighted by Crippen LogP contribution is 2.16. The minimum absolute atomic E-state index is 0.391. The molecule has 0 fully saturated rings. The van der Waals surface area contributed by atoms with Crippen molar-refractivity contribution in [1.29, 1.82) is 0 Å². The topological polar surface area (TPSA) is 26.3 Å². The lowest BCUT2D eigenvalue weighted by molar-refractivity contribution is -0.130. The average Bonchev–Trinajstić information content (AvgIpc) is 2.69. The molecule has 0 bridgehead atoms. The third kappa shape index (κ3) is 4.72. The quantitative estimate of drug-likeness (QED) is 0.296. The number of carbonyl (C=O) groups is 1. The van der Waals surface area contributed by atoms with Crippen molar-refractivity contribution in [3.8, 4) is 17.6 Å². The van der Waals surface area contributed by atoms with Crippen LogP contribution in [0.4, 0.5) is 0 Å². The molecule has 0 amide bonds. The predicted octanol–water partition coefficient (Wildman–Crippen LogP) is 4.79. The Bertz CT molecular complexity index is 961. The van der Waals surface area contributed by atoms with E-state index in [1.807, 2.05) is 72.8 Å². The minimum atomic E-state index is -0.429. The number of esters is 1. The van der Waals surface area contributed by atoms with Gasteiger partial charge in [-0.1, -0.05) is 73.0 Å². The van der Waals surface area contributed by atoms with Crippen LogP contribution in [0.1, 0.15) is 16.7 Å². The number of para-hydroxylation sites is 1. The molecule has 0 radical (unpaired) electrons. The van der Waals surface area contributed by atoms with Crippen LogP contribution in [-0.2, 0) is 11.2 Å². The normalized spacial score (nSPS) is 9.69. The van der Waals surface area contributed by atoms with Crippen LogP contribution >= 0.6 is 0 Å². The zero-order valence-electron chi connectivity index (χ0n) is 14.3. The van der Waals surface area contributed by atoms with Crippen molar-refractivity contribution in [3.63, 3.8) is 0 Å². The first kappa shape index (κ1) is 17.3. The summed E-state index contributed by atoms with van der Waals surface area (Å²) < 4.78 is 5.34. The predicted molar refractivity (Wildman–Crippen MR) is 104 cm³/mol. The molecule has 0 aliphatic carbocycles. The molecule has 0 N–H and O–H groups in total. The molecule has 3 aromatic rings. The van der Waals surface area contributed by atoms with Gasteiger partial charge in [-0.3, -0.25) is 0 Å². The van der Waals surface area contributed by atoms with Crippen LogP contribution in [0, 0.1) is 11.8 Å². The van der Waals surface area contributed by atoms with E-state index in [0.717, 1.165) is 16.7 Å². The van der Waals surface area contributed by atoms with Crippen LogP contribution in [0.5, 0.6) is 5.75 Å². The highest BCUT2D eigenvalue weighted by molar-refractivity contribution is 5.90. The number of carbonyl (C=O) groups excluding carboxylic acids is 1. The van der Waals surface area contributed by atoms with Gasteiger partial charge >= 0.3 is 5.97 Å². The van der Waals surface area contributed by atoms with Crippen LogP contribution in [-0.4, -0.2) is 5.97 Å². The van der Waals surface area contributed by atoms with Crippen LogP contribution in [0.3, 0.4) is 0 Å². The van der Waals surface area contributed by atoms with Gasteiger partial charge in [0.05, 0.1) is 0 Å². The zero-order valence-corrected chi connectivity index (χ0v) is 14.3. The van der Waals surface area contributed by atoms with Crippen molar-refractivity contribution >= 4 is 5.97 Å². The SMILES string of the molecule is C=C(Cc1ccccc1C#Cc1ccccc1)C(=O)Oc1ccccc1. The Kier molecular flexibility index (Phi) is 5.65. The maximum atomic E-state index is 12.2. The Labute approximate surface area is 153 Å². The Morgan fingerprint density at radius 2 is 1.42 bits per heavy atom. The van der Waals surface area contributed by atoms with Gasteiger partial charge in [-0.2, -0.15) is 0 Å². The Balaban J connectivity index is 1.73. The summed E-state index contributed by atoms with van der Waals surface area (Å²) in [4.78, 5) is 12.2. The molecule has 0 aliphatic heterocycles. The third-order valence-electron chi connectivity index (χ3n) is 3.78. The van der Waals surface area contributed by atoms with Gasteiger partial charge in [0.2, 0.25) is 0 Å². The molecule has 0 aliphatic rings. The summed E-state index contributed by atoms with van der Waals surface area (Å²) in [5.74, 6) is 6.41. The van der Waals surface area contributed by atoms with E-state index in [1.54, 1.807) is 12.1 Å². The maximum Gasteiger partial charge on any atom is 0.339 e. The molecule has 3 aromatic carbocycles. The molecular formula is C24H18O2. The van der Waals surface area contributed by atoms with Gasteiger partial charge in [0.15, 0.2) is 0 Å². The van der Waals surface area contributed by atoms with Gasteiger partial charge in [0.1, 0.15) is 5.75 Å². The Hall–Kier alpha value is -3.57. The molecule has 26 heavy (non-hydrogen) atoms. The summed E-state index contributed by atoms with van der Waals surface area (Å²) in [5, 5.41) is 0. The summed E-state index contributed by atoms with van der Waals surface area (Å²) in [7, 11) is 0. The molecule has 0 heterocycles. The van der Waals surface area contributed by atoms with Crippen LogP contribution in [0.25, 0.3) is 0 Å². The van der Waals surface area contributed by atoms with E-state index < -0.39 is 5.97 Å². The van der Waals surface area contributed by atoms with Gasteiger partial charge < -0.3 is 4.74 Å². The fourth-order valence-electron chi connectivity index (χ4n) is 2.43. The third-order valence-corrected chi connectivity index (χ3v) is 3.78. The van der Waals surface area contributed by atoms with Crippen molar-refractivity contribution in [2.45, 2.75) is 6.42 Å². The lowest BCUT2D eigenvalue weighted by atomic mass is 10.0. The summed E-state index contributed by atoms with van der Waals surface area (Å²) >= 11 is 0. The van der Waals surface area contributed by atoms with Gasteiger partial charge in [-0.05, 0) is 35.9 Å². The molecule has 0 aromatic heterocycles. The highest BCUT2D eigenvalue weighted by Gasteiger charge is 2.12. The molecule has 0 saturated heterocycles. The molecule has 0 saturated carbocycles. The van der Waals surface area contributed by atoms with Crippen LogP contribution in [0.15, 0.2) is 97.1 Å². The monoisotopic (exact) mass is 338 g/mol. The van der Waals surface area contributed by atoms with E-state index in [0.29, 0.717) is 17.7 Å². The molecule has 2 nitrogen and oxygen atoms in total. The number of benzene rings is 3. The van der Waals surface area contributed by atoms with E-state index in [-0.39, 0.29) is 0 Å². The molecule has 126 valence electrons. The Morgan fingerprint density at radius 3 is 2.15 bits per heavy atom. The van der Waals surface area contributed by atoms with E-state index in [4.69, 9.17) is 4.74 Å². The smallest absolute Gasteiger partial charge is 0.339 e. The highest BCUT2D eigenvalue weighted by atomic mass is 16.5. The lowest BCUT2D eigenvalue weighted by Crippen LogP contribution is -2.12. The second kappa shape index (κ2) is 8.50. The van der Waals surface area contributed by atoms with Gasteiger partial charge in [0, 0.05) is 23.1 Å². The summed E-state index contributed by atoms with van der Waals surface area (Å²) in [5.41, 5.74) is 3.17. The van der Waals surface area contributed by atoms with E-state index in [2.05, 4.69) is 18.4 Å². The number of ether oxygens (including phenoxy) is 1. The molecule has 2 heteroatoms. The molecule has 3 rings (SSSR count). The first-order valence-electron chi connectivity index (χ1n) is 8.32.